The molecule has 1 saturated heterocycles. The average Bonchev–Trinajstić information content (AvgIpc) is 2.93. The minimum absolute atomic E-state index is 0.523. The van der Waals surface area contributed by atoms with Crippen molar-refractivity contribution in [2.75, 3.05) is 39.5 Å². The maximum absolute atomic E-state index is 9.55. The van der Waals surface area contributed by atoms with Crippen LogP contribution in [0.15, 0.2) is 83.8 Å². The van der Waals surface area contributed by atoms with E-state index in [0.717, 1.165) is 6.42 Å². The molecule has 0 amide bonds. The van der Waals surface area contributed by atoms with Crippen LogP contribution in [0.5, 0.6) is 0 Å². The highest BCUT2D eigenvalue weighted by Gasteiger charge is 2.23. The predicted octanol–water partition coefficient (Wildman–Crippen LogP) is 3.75. The van der Waals surface area contributed by atoms with Crippen molar-refractivity contribution in [2.45, 2.75) is 23.8 Å². The minimum Gasteiger partial charge on any atom is -0.478 e. The SMILES string of the molecule is CSc1ccc(C(CCc2ccccc2)N2CCN(C)CC2)cc1.O=C(O)/C=C/C(=O)O.O=C(O)/C=C/C(=O)O. The van der Waals surface area contributed by atoms with Crippen LogP contribution in [0.4, 0.5) is 0 Å². The fourth-order valence-electron chi connectivity index (χ4n) is 3.75. The Hall–Kier alpha value is -3.93. The number of aliphatic carboxylic acids is 4. The van der Waals surface area contributed by atoms with Gasteiger partial charge in [-0.2, -0.15) is 0 Å². The molecule has 0 aromatic heterocycles. The molecule has 0 bridgehead atoms. The van der Waals surface area contributed by atoms with Gasteiger partial charge in [-0.25, -0.2) is 19.2 Å². The Morgan fingerprint density at radius 3 is 1.60 bits per heavy atom. The van der Waals surface area contributed by atoms with Crippen LogP contribution < -0.4 is 0 Å². The van der Waals surface area contributed by atoms with Gasteiger partial charge in [-0.15, -0.1) is 11.8 Å². The van der Waals surface area contributed by atoms with Crippen LogP contribution in [-0.4, -0.2) is 93.6 Å². The number of nitrogens with zero attached hydrogens (tertiary/aromatic N) is 2. The molecule has 0 radical (unpaired) electrons. The molecule has 0 aliphatic carbocycles. The summed E-state index contributed by atoms with van der Waals surface area (Å²) in [5.41, 5.74) is 2.91. The summed E-state index contributed by atoms with van der Waals surface area (Å²) in [7, 11) is 2.23. The maximum atomic E-state index is 9.55. The number of carboxylic acids is 4. The van der Waals surface area contributed by atoms with Crippen molar-refractivity contribution in [3.8, 4) is 0 Å². The van der Waals surface area contributed by atoms with Gasteiger partial charge in [0, 0.05) is 61.4 Å². The molecule has 0 spiro atoms. The molecule has 1 atom stereocenters. The van der Waals surface area contributed by atoms with Crippen molar-refractivity contribution in [3.05, 3.63) is 90.0 Å². The minimum atomic E-state index is -1.26. The summed E-state index contributed by atoms with van der Waals surface area (Å²) in [4.78, 5) is 44.7. The lowest BCUT2D eigenvalue weighted by Gasteiger charge is -2.38. The van der Waals surface area contributed by atoms with E-state index < -0.39 is 23.9 Å². The zero-order valence-electron chi connectivity index (χ0n) is 22.6. The number of likely N-dealkylation sites (N-methyl/N-ethyl adjacent to an activating group) is 1. The van der Waals surface area contributed by atoms with E-state index in [9.17, 15) is 19.2 Å². The van der Waals surface area contributed by atoms with Crippen LogP contribution in [0.25, 0.3) is 0 Å². The number of thioether (sulfide) groups is 1. The molecule has 1 fully saturated rings. The van der Waals surface area contributed by atoms with Crippen molar-refractivity contribution < 1.29 is 39.6 Å². The van der Waals surface area contributed by atoms with Gasteiger partial charge in [0.1, 0.15) is 0 Å². The number of hydrogen-bond donors (Lipinski definition) is 4. The van der Waals surface area contributed by atoms with Gasteiger partial charge in [0.15, 0.2) is 0 Å². The van der Waals surface area contributed by atoms with Crippen LogP contribution in [-0.2, 0) is 25.6 Å². The molecule has 216 valence electrons. The highest BCUT2D eigenvalue weighted by molar-refractivity contribution is 7.98. The van der Waals surface area contributed by atoms with E-state index in [2.05, 4.69) is 77.7 Å². The standard InChI is InChI=1S/C21H28N2S.2C4H4O4/c1-22-14-16-23(17-15-22)21(13-8-18-6-4-3-5-7-18)19-9-11-20(24-2)12-10-19;2*5-3(6)1-2-4(7)8/h3-7,9-12,21H,8,13-17H2,1-2H3;2*1-2H,(H,5,6)(H,7,8)/b;2*2-1+. The summed E-state index contributed by atoms with van der Waals surface area (Å²) in [6.45, 7) is 4.68. The van der Waals surface area contributed by atoms with Gasteiger partial charge in [0.25, 0.3) is 0 Å². The predicted molar refractivity (Wildman–Crippen MR) is 154 cm³/mol. The van der Waals surface area contributed by atoms with Crippen LogP contribution >= 0.6 is 11.8 Å². The molecule has 1 unspecified atom stereocenters. The number of rotatable bonds is 10. The first-order valence-corrected chi connectivity index (χ1v) is 13.6. The molecule has 2 aromatic rings. The summed E-state index contributed by atoms with van der Waals surface area (Å²) in [6, 6.07) is 20.6. The third-order valence-corrected chi connectivity index (χ3v) is 6.51. The summed E-state index contributed by atoms with van der Waals surface area (Å²) in [5, 5.41) is 31.2. The number of carboxylic acid groups (broad SMARTS) is 4. The summed E-state index contributed by atoms with van der Waals surface area (Å²) in [6.07, 6.45) is 6.70. The molecule has 3 rings (SSSR count). The first-order chi connectivity index (χ1) is 19.0. The number of hydrogen-bond acceptors (Lipinski definition) is 7. The zero-order chi connectivity index (χ0) is 29.9. The quantitative estimate of drug-likeness (QED) is 0.243. The highest BCUT2D eigenvalue weighted by atomic mass is 32.2. The van der Waals surface area contributed by atoms with Gasteiger partial charge >= 0.3 is 23.9 Å². The number of aryl methyl sites for hydroxylation is 1. The number of carbonyl (C=O) groups is 4. The summed E-state index contributed by atoms with van der Waals surface area (Å²) < 4.78 is 0. The lowest BCUT2D eigenvalue weighted by atomic mass is 9.97. The van der Waals surface area contributed by atoms with Gasteiger partial charge in [-0.05, 0) is 49.4 Å². The topological polar surface area (TPSA) is 156 Å². The van der Waals surface area contributed by atoms with Gasteiger partial charge in [0.05, 0.1) is 0 Å². The Bertz CT molecular complexity index is 1060. The van der Waals surface area contributed by atoms with Gasteiger partial charge in [-0.3, -0.25) is 4.90 Å². The van der Waals surface area contributed by atoms with Crippen molar-refractivity contribution >= 4 is 35.6 Å². The third kappa shape index (κ3) is 15.5. The van der Waals surface area contributed by atoms with Crippen LogP contribution in [0.1, 0.15) is 23.6 Å². The number of benzene rings is 2. The van der Waals surface area contributed by atoms with E-state index in [1.165, 1.54) is 48.6 Å². The molecule has 0 saturated carbocycles. The Kier molecular flexibility index (Phi) is 16.3. The highest BCUT2D eigenvalue weighted by Crippen LogP contribution is 2.28. The summed E-state index contributed by atoms with van der Waals surface area (Å²) in [5.74, 6) is -5.03. The van der Waals surface area contributed by atoms with Crippen molar-refractivity contribution in [2.24, 2.45) is 0 Å². The Labute approximate surface area is 238 Å². The third-order valence-electron chi connectivity index (χ3n) is 5.77. The van der Waals surface area contributed by atoms with Crippen molar-refractivity contribution in [3.63, 3.8) is 0 Å². The van der Waals surface area contributed by atoms with E-state index in [-0.39, 0.29) is 0 Å². The lowest BCUT2D eigenvalue weighted by molar-refractivity contribution is -0.134. The lowest BCUT2D eigenvalue weighted by Crippen LogP contribution is -2.46. The monoisotopic (exact) mass is 572 g/mol. The largest absolute Gasteiger partial charge is 0.478 e. The molecular weight excluding hydrogens is 536 g/mol. The Balaban J connectivity index is 0.000000412. The normalized spacial score (nSPS) is 14.4. The van der Waals surface area contributed by atoms with E-state index in [1.807, 2.05) is 11.8 Å². The number of piperazine rings is 1. The summed E-state index contributed by atoms with van der Waals surface area (Å²) >= 11 is 1.82. The maximum Gasteiger partial charge on any atom is 0.328 e. The second kappa shape index (κ2) is 19.2. The fourth-order valence-corrected chi connectivity index (χ4v) is 4.16. The van der Waals surface area contributed by atoms with Crippen LogP contribution in [0.3, 0.4) is 0 Å². The van der Waals surface area contributed by atoms with E-state index in [1.54, 1.807) is 0 Å². The first-order valence-electron chi connectivity index (χ1n) is 12.4. The van der Waals surface area contributed by atoms with Crippen molar-refractivity contribution in [1.82, 2.24) is 9.80 Å². The van der Waals surface area contributed by atoms with E-state index in [4.69, 9.17) is 20.4 Å². The Morgan fingerprint density at radius 2 is 1.20 bits per heavy atom. The molecule has 11 heteroatoms. The smallest absolute Gasteiger partial charge is 0.328 e. The van der Waals surface area contributed by atoms with E-state index >= 15 is 0 Å². The fraction of sp³-hybridized carbons (Fsp3) is 0.310. The molecule has 40 heavy (non-hydrogen) atoms. The molecular formula is C29H36N2O8S. The molecule has 1 heterocycles. The van der Waals surface area contributed by atoms with Gasteiger partial charge in [0.2, 0.25) is 0 Å². The van der Waals surface area contributed by atoms with Crippen LogP contribution in [0.2, 0.25) is 0 Å². The van der Waals surface area contributed by atoms with E-state index in [0.29, 0.717) is 30.3 Å². The molecule has 1 aliphatic heterocycles. The van der Waals surface area contributed by atoms with Gasteiger partial charge in [-0.1, -0.05) is 42.5 Å². The molecule has 2 aromatic carbocycles. The zero-order valence-corrected chi connectivity index (χ0v) is 23.4. The average molecular weight is 573 g/mol. The first kappa shape index (κ1) is 34.1. The molecule has 4 N–H and O–H groups in total. The van der Waals surface area contributed by atoms with Crippen LogP contribution in [0, 0.1) is 0 Å². The Morgan fingerprint density at radius 1 is 0.750 bits per heavy atom. The van der Waals surface area contributed by atoms with Crippen molar-refractivity contribution in [1.29, 1.82) is 0 Å². The second-order valence-electron chi connectivity index (χ2n) is 8.67. The van der Waals surface area contributed by atoms with Gasteiger partial charge < -0.3 is 25.3 Å². The molecule has 10 nitrogen and oxygen atoms in total. The second-order valence-corrected chi connectivity index (χ2v) is 9.55. The molecule has 1 aliphatic rings.